The predicted molar refractivity (Wildman–Crippen MR) is 83.5 cm³/mol. The van der Waals surface area contributed by atoms with Crippen LogP contribution in [-0.2, 0) is 6.54 Å². The van der Waals surface area contributed by atoms with Gasteiger partial charge in [-0.15, -0.1) is 0 Å². The summed E-state index contributed by atoms with van der Waals surface area (Å²) < 4.78 is 1.82. The van der Waals surface area contributed by atoms with Gasteiger partial charge in [-0.05, 0) is 44.5 Å². The molecule has 1 aliphatic rings. The van der Waals surface area contributed by atoms with E-state index in [0.717, 1.165) is 30.8 Å². The molecule has 0 aliphatic carbocycles. The van der Waals surface area contributed by atoms with Crippen molar-refractivity contribution in [1.82, 2.24) is 25.4 Å². The van der Waals surface area contributed by atoms with E-state index < -0.39 is 0 Å². The van der Waals surface area contributed by atoms with Gasteiger partial charge < -0.3 is 10.6 Å². The lowest BCUT2D eigenvalue weighted by Gasteiger charge is -2.11. The maximum atomic E-state index is 12.2. The highest BCUT2D eigenvalue weighted by atomic mass is 16.1. The number of nitrogens with zero attached hydrogens (tertiary/aromatic N) is 3. The second-order valence-electron chi connectivity index (χ2n) is 5.57. The van der Waals surface area contributed by atoms with Crippen molar-refractivity contribution < 1.29 is 4.79 Å². The van der Waals surface area contributed by atoms with E-state index >= 15 is 0 Å². The molecule has 1 aliphatic heterocycles. The summed E-state index contributed by atoms with van der Waals surface area (Å²) in [6.45, 7) is 4.16. The van der Waals surface area contributed by atoms with Gasteiger partial charge in [-0.25, -0.2) is 4.98 Å². The molecule has 0 radical (unpaired) electrons. The van der Waals surface area contributed by atoms with E-state index in [1.54, 1.807) is 6.07 Å². The first-order chi connectivity index (χ1) is 10.7. The van der Waals surface area contributed by atoms with Crippen LogP contribution in [0.2, 0.25) is 0 Å². The standard InChI is InChI=1S/C16H21N5O/c1-12-7-10-21(20-12)11-9-18-16(22)15-5-2-4-14(19-15)13-6-3-8-17-13/h2,4-5,7,10,13,17H,3,6,8-9,11H2,1H3,(H,18,22)/t13-/m0/s1. The molecule has 116 valence electrons. The molecule has 0 spiro atoms. The van der Waals surface area contributed by atoms with Gasteiger partial charge in [0.05, 0.1) is 17.9 Å². The number of hydrogen-bond donors (Lipinski definition) is 2. The molecule has 2 N–H and O–H groups in total. The lowest BCUT2D eigenvalue weighted by molar-refractivity contribution is 0.0946. The fourth-order valence-corrected chi connectivity index (χ4v) is 2.67. The van der Waals surface area contributed by atoms with Crippen molar-refractivity contribution in [3.63, 3.8) is 0 Å². The van der Waals surface area contributed by atoms with Gasteiger partial charge in [-0.3, -0.25) is 9.48 Å². The van der Waals surface area contributed by atoms with Crippen LogP contribution in [0.1, 0.15) is 40.8 Å². The molecule has 0 aromatic carbocycles. The summed E-state index contributed by atoms with van der Waals surface area (Å²) in [5.41, 5.74) is 2.40. The van der Waals surface area contributed by atoms with Gasteiger partial charge in [0, 0.05) is 18.8 Å². The number of rotatable bonds is 5. The highest BCUT2D eigenvalue weighted by molar-refractivity contribution is 5.92. The van der Waals surface area contributed by atoms with E-state index in [1.807, 2.05) is 36.0 Å². The van der Waals surface area contributed by atoms with Crippen LogP contribution in [-0.4, -0.2) is 33.8 Å². The molecule has 3 heterocycles. The van der Waals surface area contributed by atoms with Crippen LogP contribution < -0.4 is 10.6 Å². The molecule has 0 saturated carbocycles. The summed E-state index contributed by atoms with van der Waals surface area (Å²) in [5.74, 6) is -0.135. The first kappa shape index (κ1) is 14.7. The number of pyridine rings is 1. The minimum absolute atomic E-state index is 0.135. The maximum absolute atomic E-state index is 12.2. The fraction of sp³-hybridized carbons (Fsp3) is 0.438. The topological polar surface area (TPSA) is 71.8 Å². The van der Waals surface area contributed by atoms with Crippen LogP contribution in [0.15, 0.2) is 30.5 Å². The molecular weight excluding hydrogens is 278 g/mol. The van der Waals surface area contributed by atoms with Crippen molar-refractivity contribution in [2.45, 2.75) is 32.4 Å². The van der Waals surface area contributed by atoms with Gasteiger partial charge >= 0.3 is 0 Å². The predicted octanol–water partition coefficient (Wildman–Crippen LogP) is 1.44. The number of carbonyl (C=O) groups excluding carboxylic acids is 1. The summed E-state index contributed by atoms with van der Waals surface area (Å²) in [5, 5.41) is 10.6. The van der Waals surface area contributed by atoms with Crippen molar-refractivity contribution in [2.24, 2.45) is 0 Å². The van der Waals surface area contributed by atoms with Gasteiger partial charge in [-0.1, -0.05) is 6.07 Å². The summed E-state index contributed by atoms with van der Waals surface area (Å²) in [6.07, 6.45) is 4.15. The molecule has 0 bridgehead atoms. The van der Waals surface area contributed by atoms with Crippen LogP contribution in [0.3, 0.4) is 0 Å². The summed E-state index contributed by atoms with van der Waals surface area (Å²) in [7, 11) is 0. The zero-order chi connectivity index (χ0) is 15.4. The second-order valence-corrected chi connectivity index (χ2v) is 5.57. The Labute approximate surface area is 129 Å². The van der Waals surface area contributed by atoms with E-state index in [0.29, 0.717) is 18.8 Å². The number of carbonyl (C=O) groups is 1. The molecule has 1 atom stereocenters. The minimum Gasteiger partial charge on any atom is -0.349 e. The van der Waals surface area contributed by atoms with Gasteiger partial charge in [0.15, 0.2) is 0 Å². The molecule has 22 heavy (non-hydrogen) atoms. The monoisotopic (exact) mass is 299 g/mol. The third-order valence-electron chi connectivity index (χ3n) is 3.82. The normalized spacial score (nSPS) is 17.6. The quantitative estimate of drug-likeness (QED) is 0.876. The van der Waals surface area contributed by atoms with Crippen molar-refractivity contribution in [3.05, 3.63) is 47.5 Å². The SMILES string of the molecule is Cc1ccn(CCNC(=O)c2cccc([C@@H]3CCCN3)n2)n1. The van der Waals surface area contributed by atoms with Crippen LogP contribution in [0.5, 0.6) is 0 Å². The third-order valence-corrected chi connectivity index (χ3v) is 3.82. The zero-order valence-electron chi connectivity index (χ0n) is 12.7. The molecule has 6 heteroatoms. The average Bonchev–Trinajstić information content (AvgIpc) is 3.19. The Bertz CT molecular complexity index is 645. The molecule has 2 aromatic heterocycles. The number of amides is 1. The van der Waals surface area contributed by atoms with Crippen LogP contribution in [0, 0.1) is 6.92 Å². The Balaban J connectivity index is 1.56. The van der Waals surface area contributed by atoms with Crippen molar-refractivity contribution in [2.75, 3.05) is 13.1 Å². The first-order valence-corrected chi connectivity index (χ1v) is 7.71. The van der Waals surface area contributed by atoms with Crippen LogP contribution >= 0.6 is 0 Å². The number of aryl methyl sites for hydroxylation is 1. The molecule has 2 aromatic rings. The molecule has 1 fully saturated rings. The summed E-state index contributed by atoms with van der Waals surface area (Å²) in [6, 6.07) is 7.85. The molecule has 0 unspecified atom stereocenters. The van der Waals surface area contributed by atoms with Crippen LogP contribution in [0.4, 0.5) is 0 Å². The minimum atomic E-state index is -0.135. The van der Waals surface area contributed by atoms with E-state index in [9.17, 15) is 4.79 Å². The average molecular weight is 299 g/mol. The fourth-order valence-electron chi connectivity index (χ4n) is 2.67. The molecule has 1 amide bonds. The first-order valence-electron chi connectivity index (χ1n) is 7.71. The van der Waals surface area contributed by atoms with Gasteiger partial charge in [0.25, 0.3) is 5.91 Å². The lowest BCUT2D eigenvalue weighted by atomic mass is 10.1. The second kappa shape index (κ2) is 6.70. The summed E-state index contributed by atoms with van der Waals surface area (Å²) in [4.78, 5) is 16.7. The van der Waals surface area contributed by atoms with E-state index in [1.165, 1.54) is 0 Å². The molecule has 1 saturated heterocycles. The van der Waals surface area contributed by atoms with Gasteiger partial charge in [0.1, 0.15) is 5.69 Å². The number of aromatic nitrogens is 3. The van der Waals surface area contributed by atoms with Crippen molar-refractivity contribution in [1.29, 1.82) is 0 Å². The van der Waals surface area contributed by atoms with E-state index in [-0.39, 0.29) is 11.9 Å². The lowest BCUT2D eigenvalue weighted by Crippen LogP contribution is -2.28. The number of nitrogens with one attached hydrogen (secondary N) is 2. The Hall–Kier alpha value is -2.21. The molecule has 6 nitrogen and oxygen atoms in total. The smallest absolute Gasteiger partial charge is 0.269 e. The maximum Gasteiger partial charge on any atom is 0.269 e. The van der Waals surface area contributed by atoms with Crippen LogP contribution in [0.25, 0.3) is 0 Å². The highest BCUT2D eigenvalue weighted by Gasteiger charge is 2.18. The highest BCUT2D eigenvalue weighted by Crippen LogP contribution is 2.21. The van der Waals surface area contributed by atoms with E-state index in [2.05, 4.69) is 20.7 Å². The summed E-state index contributed by atoms with van der Waals surface area (Å²) >= 11 is 0. The van der Waals surface area contributed by atoms with Gasteiger partial charge in [-0.2, -0.15) is 5.10 Å². The number of hydrogen-bond acceptors (Lipinski definition) is 4. The Morgan fingerprint density at radius 2 is 2.36 bits per heavy atom. The molecular formula is C16H21N5O. The van der Waals surface area contributed by atoms with Crippen molar-refractivity contribution >= 4 is 5.91 Å². The Morgan fingerprint density at radius 3 is 3.09 bits per heavy atom. The van der Waals surface area contributed by atoms with E-state index in [4.69, 9.17) is 0 Å². The Morgan fingerprint density at radius 1 is 1.45 bits per heavy atom. The third kappa shape index (κ3) is 3.51. The largest absolute Gasteiger partial charge is 0.349 e. The Kier molecular flexibility index (Phi) is 4.48. The zero-order valence-corrected chi connectivity index (χ0v) is 12.7. The van der Waals surface area contributed by atoms with Crippen molar-refractivity contribution in [3.8, 4) is 0 Å². The molecule has 3 rings (SSSR count). The van der Waals surface area contributed by atoms with Gasteiger partial charge in [0.2, 0.25) is 0 Å².